The van der Waals surface area contributed by atoms with E-state index in [2.05, 4.69) is 39.4 Å². The molecule has 3 rings (SSSR count). The molecule has 1 fully saturated rings. The van der Waals surface area contributed by atoms with E-state index in [4.69, 9.17) is 0 Å². The largest absolute Gasteiger partial charge is 0.336 e. The van der Waals surface area contributed by atoms with E-state index in [-0.39, 0.29) is 6.03 Å². The molecule has 0 spiro atoms. The first kappa shape index (κ1) is 17.4. The third kappa shape index (κ3) is 3.83. The Bertz CT molecular complexity index is 740. The van der Waals surface area contributed by atoms with Gasteiger partial charge in [-0.3, -0.25) is 9.78 Å². The van der Waals surface area contributed by atoms with Gasteiger partial charge in [0, 0.05) is 31.2 Å². The highest BCUT2D eigenvalue weighted by atomic mass is 16.2. The number of H-pyrrole nitrogens is 1. The van der Waals surface area contributed by atoms with Gasteiger partial charge < -0.3 is 10.2 Å². The highest BCUT2D eigenvalue weighted by Crippen LogP contribution is 2.25. The van der Waals surface area contributed by atoms with E-state index in [0.29, 0.717) is 19.0 Å². The molecule has 1 aliphatic heterocycles. The van der Waals surface area contributed by atoms with Crippen LogP contribution in [0.4, 0.5) is 4.79 Å². The molecule has 0 aliphatic carbocycles. The quantitative estimate of drug-likeness (QED) is 0.884. The number of nitrogens with one attached hydrogen (secondary N) is 2. The summed E-state index contributed by atoms with van der Waals surface area (Å²) in [6.07, 6.45) is 1.81. The van der Waals surface area contributed by atoms with Crippen molar-refractivity contribution in [3.05, 3.63) is 28.6 Å². The van der Waals surface area contributed by atoms with E-state index in [9.17, 15) is 4.79 Å². The number of hydrogen-bond acceptors (Lipinski definition) is 4. The Hall–Kier alpha value is -2.38. The molecule has 3 heterocycles. The van der Waals surface area contributed by atoms with Crippen molar-refractivity contribution < 1.29 is 4.79 Å². The normalized spacial score (nSPS) is 15.6. The van der Waals surface area contributed by atoms with Crippen LogP contribution in [-0.4, -0.2) is 55.5 Å². The van der Waals surface area contributed by atoms with Crippen molar-refractivity contribution in [2.75, 3.05) is 19.6 Å². The van der Waals surface area contributed by atoms with Crippen LogP contribution in [0, 0.1) is 27.7 Å². The Kier molecular flexibility index (Phi) is 5.06. The number of likely N-dealkylation sites (tertiary alicyclic amines) is 1. The first-order valence-electron chi connectivity index (χ1n) is 8.88. The maximum atomic E-state index is 12.3. The van der Waals surface area contributed by atoms with E-state index in [1.54, 1.807) is 0 Å². The average Bonchev–Trinajstić information content (AvgIpc) is 3.14. The third-order valence-electron chi connectivity index (χ3n) is 5.10. The molecule has 0 aromatic carbocycles. The molecule has 8 heteroatoms. The number of aryl methyl sites for hydroxylation is 2. The van der Waals surface area contributed by atoms with Gasteiger partial charge in [0.2, 0.25) is 0 Å². The van der Waals surface area contributed by atoms with Crippen LogP contribution in [-0.2, 0) is 6.54 Å². The molecule has 1 saturated heterocycles. The molecule has 0 atom stereocenters. The predicted octanol–water partition coefficient (Wildman–Crippen LogP) is 1.82. The first-order valence-corrected chi connectivity index (χ1v) is 8.88. The van der Waals surface area contributed by atoms with Crippen LogP contribution in [0.3, 0.4) is 0 Å². The first-order chi connectivity index (χ1) is 12.0. The zero-order valence-electron chi connectivity index (χ0n) is 15.5. The van der Waals surface area contributed by atoms with Crippen molar-refractivity contribution in [3.8, 4) is 0 Å². The molecule has 136 valence electrons. The minimum atomic E-state index is 0.00266. The molecule has 2 amide bonds. The van der Waals surface area contributed by atoms with Crippen molar-refractivity contribution in [2.24, 2.45) is 0 Å². The number of aromatic nitrogens is 5. The molecular weight excluding hydrogens is 318 g/mol. The minimum absolute atomic E-state index is 0.00266. The summed E-state index contributed by atoms with van der Waals surface area (Å²) >= 11 is 0. The van der Waals surface area contributed by atoms with Gasteiger partial charge in [-0.1, -0.05) is 0 Å². The molecule has 2 aromatic rings. The van der Waals surface area contributed by atoms with Gasteiger partial charge in [-0.2, -0.15) is 10.2 Å². The van der Waals surface area contributed by atoms with Gasteiger partial charge in [0.25, 0.3) is 0 Å². The highest BCUT2D eigenvalue weighted by molar-refractivity contribution is 5.74. The van der Waals surface area contributed by atoms with Crippen LogP contribution in [0.25, 0.3) is 0 Å². The second-order valence-electron chi connectivity index (χ2n) is 6.79. The number of nitrogens with zero attached hydrogens (tertiary/aromatic N) is 5. The lowest BCUT2D eigenvalue weighted by Gasteiger charge is -2.30. The monoisotopic (exact) mass is 345 g/mol. The molecule has 2 N–H and O–H groups in total. The van der Waals surface area contributed by atoms with Crippen molar-refractivity contribution in [1.29, 1.82) is 0 Å². The Morgan fingerprint density at radius 3 is 2.52 bits per heavy atom. The number of piperidine rings is 1. The SMILES string of the molecule is Cc1nc(C2CCN(C(=O)NCCn3nc(C)c(C)c3C)CC2)n[nH]1. The number of rotatable bonds is 4. The Morgan fingerprint density at radius 2 is 1.96 bits per heavy atom. The molecule has 0 unspecified atom stereocenters. The van der Waals surface area contributed by atoms with E-state index in [1.807, 2.05) is 23.4 Å². The molecule has 0 bridgehead atoms. The number of carbonyl (C=O) groups excluding carboxylic acids is 1. The average molecular weight is 345 g/mol. The zero-order valence-corrected chi connectivity index (χ0v) is 15.5. The van der Waals surface area contributed by atoms with Crippen LogP contribution in [0.15, 0.2) is 0 Å². The van der Waals surface area contributed by atoms with Gasteiger partial charge in [0.15, 0.2) is 5.82 Å². The fourth-order valence-electron chi connectivity index (χ4n) is 3.27. The van der Waals surface area contributed by atoms with Crippen molar-refractivity contribution in [2.45, 2.75) is 53.0 Å². The van der Waals surface area contributed by atoms with Gasteiger partial charge in [-0.05, 0) is 46.1 Å². The van der Waals surface area contributed by atoms with Crippen molar-refractivity contribution >= 4 is 6.03 Å². The van der Waals surface area contributed by atoms with Crippen molar-refractivity contribution in [3.63, 3.8) is 0 Å². The lowest BCUT2D eigenvalue weighted by Crippen LogP contribution is -2.45. The van der Waals surface area contributed by atoms with E-state index >= 15 is 0 Å². The van der Waals surface area contributed by atoms with Crippen LogP contribution < -0.4 is 5.32 Å². The van der Waals surface area contributed by atoms with Gasteiger partial charge >= 0.3 is 6.03 Å². The number of aromatic amines is 1. The summed E-state index contributed by atoms with van der Waals surface area (Å²) < 4.78 is 1.96. The maximum Gasteiger partial charge on any atom is 0.317 e. The lowest BCUT2D eigenvalue weighted by atomic mass is 9.96. The molecule has 8 nitrogen and oxygen atoms in total. The van der Waals surface area contributed by atoms with Crippen LogP contribution in [0.1, 0.15) is 47.4 Å². The van der Waals surface area contributed by atoms with E-state index in [1.165, 1.54) is 5.56 Å². The number of urea groups is 1. The number of hydrogen-bond donors (Lipinski definition) is 2. The second-order valence-corrected chi connectivity index (χ2v) is 6.79. The molecule has 2 aromatic heterocycles. The molecule has 1 aliphatic rings. The zero-order chi connectivity index (χ0) is 18.0. The van der Waals surface area contributed by atoms with Crippen LogP contribution in [0.2, 0.25) is 0 Å². The minimum Gasteiger partial charge on any atom is -0.336 e. The number of carbonyl (C=O) groups is 1. The summed E-state index contributed by atoms with van der Waals surface area (Å²) in [6, 6.07) is 0.00266. The standard InChI is InChI=1S/C17H27N7O/c1-11-12(2)22-24(13(11)3)10-7-18-17(25)23-8-5-15(6-9-23)16-19-14(4)20-21-16/h15H,5-10H2,1-4H3,(H,18,25)(H,19,20,21). The summed E-state index contributed by atoms with van der Waals surface area (Å²) in [6.45, 7) is 10.8. The summed E-state index contributed by atoms with van der Waals surface area (Å²) in [5.41, 5.74) is 3.43. The summed E-state index contributed by atoms with van der Waals surface area (Å²) in [4.78, 5) is 18.6. The van der Waals surface area contributed by atoms with Crippen LogP contribution in [0.5, 0.6) is 0 Å². The fourth-order valence-corrected chi connectivity index (χ4v) is 3.27. The molecule has 0 radical (unpaired) electrons. The van der Waals surface area contributed by atoms with Gasteiger partial charge in [0.1, 0.15) is 5.82 Å². The topological polar surface area (TPSA) is 91.7 Å². The lowest BCUT2D eigenvalue weighted by molar-refractivity contribution is 0.180. The fraction of sp³-hybridized carbons (Fsp3) is 0.647. The van der Waals surface area contributed by atoms with E-state index < -0.39 is 0 Å². The Balaban J connectivity index is 1.44. The second kappa shape index (κ2) is 7.25. The summed E-state index contributed by atoms with van der Waals surface area (Å²) in [5.74, 6) is 2.05. The van der Waals surface area contributed by atoms with Gasteiger partial charge in [0.05, 0.1) is 12.2 Å². The number of amides is 2. The molecular formula is C17H27N7O. The van der Waals surface area contributed by atoms with Crippen LogP contribution >= 0.6 is 0 Å². The third-order valence-corrected chi connectivity index (χ3v) is 5.10. The highest BCUT2D eigenvalue weighted by Gasteiger charge is 2.25. The van der Waals surface area contributed by atoms with Gasteiger partial charge in [-0.15, -0.1) is 0 Å². The predicted molar refractivity (Wildman–Crippen MR) is 94.5 cm³/mol. The smallest absolute Gasteiger partial charge is 0.317 e. The molecule has 0 saturated carbocycles. The Labute approximate surface area is 148 Å². The summed E-state index contributed by atoms with van der Waals surface area (Å²) in [5, 5.41) is 14.6. The summed E-state index contributed by atoms with van der Waals surface area (Å²) in [7, 11) is 0. The van der Waals surface area contributed by atoms with E-state index in [0.717, 1.165) is 49.0 Å². The Morgan fingerprint density at radius 1 is 1.24 bits per heavy atom. The van der Waals surface area contributed by atoms with Crippen molar-refractivity contribution in [1.82, 2.24) is 35.2 Å². The molecule has 25 heavy (non-hydrogen) atoms. The maximum absolute atomic E-state index is 12.3. The van der Waals surface area contributed by atoms with Gasteiger partial charge in [-0.25, -0.2) is 9.78 Å².